The number of hydrogen-bond acceptors (Lipinski definition) is 3. The molecule has 0 aromatic heterocycles. The molecule has 21 heavy (non-hydrogen) atoms. The molecule has 6 heteroatoms. The molecule has 116 valence electrons. The van der Waals surface area contributed by atoms with Gasteiger partial charge in [-0.3, -0.25) is 9.69 Å². The Hall–Kier alpha value is -1.53. The van der Waals surface area contributed by atoms with Gasteiger partial charge in [-0.05, 0) is 6.07 Å². The van der Waals surface area contributed by atoms with E-state index in [0.29, 0.717) is 25.2 Å². The Kier molecular flexibility index (Phi) is 4.90. The molecule has 1 aromatic rings. The van der Waals surface area contributed by atoms with Crippen molar-refractivity contribution in [1.82, 2.24) is 9.80 Å². The maximum Gasteiger partial charge on any atom is 0.226 e. The fourth-order valence-electron chi connectivity index (χ4n) is 2.78. The van der Waals surface area contributed by atoms with Crippen LogP contribution < -0.4 is 0 Å². The van der Waals surface area contributed by atoms with Crippen molar-refractivity contribution >= 4 is 5.91 Å². The third-order valence-corrected chi connectivity index (χ3v) is 3.92. The summed E-state index contributed by atoms with van der Waals surface area (Å²) in [7, 11) is 3.36. The fraction of sp³-hybridized carbons (Fsp3) is 0.533. The minimum atomic E-state index is -0.605. The zero-order valence-electron chi connectivity index (χ0n) is 12.2. The minimum absolute atomic E-state index is 0.0314. The number of aliphatic hydroxyl groups excluding tert-OH is 1. The van der Waals surface area contributed by atoms with Crippen LogP contribution in [0.3, 0.4) is 0 Å². The van der Waals surface area contributed by atoms with Gasteiger partial charge in [-0.1, -0.05) is 6.07 Å². The van der Waals surface area contributed by atoms with Crippen LogP contribution in [0.1, 0.15) is 5.56 Å². The molecule has 0 radical (unpaired) electrons. The van der Waals surface area contributed by atoms with E-state index in [-0.39, 0.29) is 24.3 Å². The lowest BCUT2D eigenvalue weighted by Crippen LogP contribution is -2.35. The molecule has 1 amide bonds. The number of amides is 1. The minimum Gasteiger partial charge on any atom is -0.396 e. The first kappa shape index (κ1) is 15.9. The number of carbonyl (C=O) groups excluding carboxylic acids is 1. The summed E-state index contributed by atoms with van der Waals surface area (Å²) in [5.41, 5.74) is 0.394. The van der Waals surface area contributed by atoms with E-state index in [1.165, 1.54) is 17.0 Å². The molecule has 0 aliphatic carbocycles. The molecule has 1 N–H and O–H groups in total. The normalized spacial score (nSPS) is 22.5. The average Bonchev–Trinajstić information content (AvgIpc) is 2.84. The van der Waals surface area contributed by atoms with Gasteiger partial charge in [-0.15, -0.1) is 0 Å². The van der Waals surface area contributed by atoms with E-state index < -0.39 is 11.6 Å². The highest BCUT2D eigenvalue weighted by Crippen LogP contribution is 2.26. The van der Waals surface area contributed by atoms with Crippen molar-refractivity contribution in [2.75, 3.05) is 33.8 Å². The number of rotatable bonds is 4. The lowest BCUT2D eigenvalue weighted by Gasteiger charge is -2.20. The van der Waals surface area contributed by atoms with Gasteiger partial charge in [-0.25, -0.2) is 8.78 Å². The van der Waals surface area contributed by atoms with Crippen molar-refractivity contribution in [1.29, 1.82) is 0 Å². The number of likely N-dealkylation sites (tertiary alicyclic amines) is 1. The highest BCUT2D eigenvalue weighted by molar-refractivity contribution is 5.79. The van der Waals surface area contributed by atoms with Crippen molar-refractivity contribution < 1.29 is 18.7 Å². The molecule has 2 rings (SSSR count). The SMILES string of the molecule is CN(C)C(=O)[C@@H]1CN(Cc2ccc(F)cc2F)C[C@H]1CO. The van der Waals surface area contributed by atoms with Crippen LogP contribution in [-0.4, -0.2) is 54.6 Å². The Morgan fingerprint density at radius 3 is 2.67 bits per heavy atom. The van der Waals surface area contributed by atoms with Crippen molar-refractivity contribution in [3.8, 4) is 0 Å². The van der Waals surface area contributed by atoms with Crippen LogP contribution in [0.2, 0.25) is 0 Å². The Bertz CT molecular complexity index is 522. The molecular weight excluding hydrogens is 278 g/mol. The summed E-state index contributed by atoms with van der Waals surface area (Å²) >= 11 is 0. The van der Waals surface area contributed by atoms with Crippen LogP contribution in [0.5, 0.6) is 0 Å². The maximum absolute atomic E-state index is 13.7. The number of benzene rings is 1. The highest BCUT2D eigenvalue weighted by Gasteiger charge is 2.37. The maximum atomic E-state index is 13.7. The molecular formula is C15H20F2N2O2. The first-order valence-corrected chi connectivity index (χ1v) is 6.90. The highest BCUT2D eigenvalue weighted by atomic mass is 19.1. The summed E-state index contributed by atoms with van der Waals surface area (Å²) in [5, 5.41) is 9.42. The molecule has 4 nitrogen and oxygen atoms in total. The lowest BCUT2D eigenvalue weighted by molar-refractivity contribution is -0.134. The van der Waals surface area contributed by atoms with Gasteiger partial charge in [0.05, 0.1) is 5.92 Å². The second kappa shape index (κ2) is 6.49. The van der Waals surface area contributed by atoms with E-state index in [1.54, 1.807) is 14.1 Å². The number of hydrogen-bond donors (Lipinski definition) is 1. The second-order valence-corrected chi connectivity index (χ2v) is 5.71. The van der Waals surface area contributed by atoms with Gasteiger partial charge in [0.1, 0.15) is 11.6 Å². The van der Waals surface area contributed by atoms with Gasteiger partial charge in [-0.2, -0.15) is 0 Å². The van der Waals surface area contributed by atoms with E-state index in [0.717, 1.165) is 6.07 Å². The molecule has 1 aliphatic heterocycles. The van der Waals surface area contributed by atoms with Crippen LogP contribution in [-0.2, 0) is 11.3 Å². The summed E-state index contributed by atoms with van der Waals surface area (Å²) < 4.78 is 26.6. The Balaban J connectivity index is 2.07. The molecule has 0 spiro atoms. The number of carbonyl (C=O) groups is 1. The summed E-state index contributed by atoms with van der Waals surface area (Å²) in [6, 6.07) is 3.50. The zero-order chi connectivity index (χ0) is 15.6. The van der Waals surface area contributed by atoms with E-state index in [1.807, 2.05) is 4.90 Å². The molecule has 1 fully saturated rings. The van der Waals surface area contributed by atoms with E-state index in [4.69, 9.17) is 0 Å². The average molecular weight is 298 g/mol. The van der Waals surface area contributed by atoms with Crippen molar-refractivity contribution in [3.63, 3.8) is 0 Å². The van der Waals surface area contributed by atoms with Crippen LogP contribution in [0.25, 0.3) is 0 Å². The van der Waals surface area contributed by atoms with Crippen molar-refractivity contribution in [2.45, 2.75) is 6.54 Å². The fourth-order valence-corrected chi connectivity index (χ4v) is 2.78. The van der Waals surface area contributed by atoms with Gasteiger partial charge >= 0.3 is 0 Å². The Morgan fingerprint density at radius 2 is 2.10 bits per heavy atom. The predicted molar refractivity (Wildman–Crippen MR) is 74.4 cm³/mol. The topological polar surface area (TPSA) is 43.8 Å². The molecule has 2 atom stereocenters. The predicted octanol–water partition coefficient (Wildman–Crippen LogP) is 1.09. The molecule has 1 aromatic carbocycles. The molecule has 0 saturated carbocycles. The summed E-state index contributed by atoms with van der Waals surface area (Å²) in [4.78, 5) is 15.5. The summed E-state index contributed by atoms with van der Waals surface area (Å²) in [5.74, 6) is -1.66. The van der Waals surface area contributed by atoms with Crippen LogP contribution in [0, 0.1) is 23.5 Å². The van der Waals surface area contributed by atoms with Crippen LogP contribution in [0.15, 0.2) is 18.2 Å². The zero-order valence-corrected chi connectivity index (χ0v) is 12.2. The third-order valence-electron chi connectivity index (χ3n) is 3.92. The van der Waals surface area contributed by atoms with Gasteiger partial charge in [0, 0.05) is 57.9 Å². The first-order chi connectivity index (χ1) is 9.92. The number of halogens is 2. The van der Waals surface area contributed by atoms with Gasteiger partial charge in [0.2, 0.25) is 5.91 Å². The molecule has 1 aliphatic rings. The number of aliphatic hydroxyl groups is 1. The van der Waals surface area contributed by atoms with Crippen molar-refractivity contribution in [3.05, 3.63) is 35.4 Å². The molecule has 1 saturated heterocycles. The smallest absolute Gasteiger partial charge is 0.226 e. The molecule has 0 unspecified atom stereocenters. The summed E-state index contributed by atoms with van der Waals surface area (Å²) in [6.07, 6.45) is 0. The van der Waals surface area contributed by atoms with E-state index >= 15 is 0 Å². The molecule has 0 bridgehead atoms. The van der Waals surface area contributed by atoms with Crippen LogP contribution >= 0.6 is 0 Å². The van der Waals surface area contributed by atoms with Crippen molar-refractivity contribution in [2.24, 2.45) is 11.8 Å². The monoisotopic (exact) mass is 298 g/mol. The van der Waals surface area contributed by atoms with Gasteiger partial charge in [0.15, 0.2) is 0 Å². The Labute approximate surface area is 123 Å². The quantitative estimate of drug-likeness (QED) is 0.905. The van der Waals surface area contributed by atoms with Crippen LogP contribution in [0.4, 0.5) is 8.78 Å². The largest absolute Gasteiger partial charge is 0.396 e. The Morgan fingerprint density at radius 1 is 1.38 bits per heavy atom. The van der Waals surface area contributed by atoms with E-state index in [2.05, 4.69) is 0 Å². The number of nitrogens with zero attached hydrogens (tertiary/aromatic N) is 2. The molecule has 1 heterocycles. The van der Waals surface area contributed by atoms with Gasteiger partial charge < -0.3 is 10.0 Å². The standard InChI is InChI=1S/C15H20F2N2O2/c1-18(2)15(21)13-8-19(7-11(13)9-20)6-10-3-4-12(16)5-14(10)17/h3-5,11,13,20H,6-9H2,1-2H3/t11-,13+/m0/s1. The lowest BCUT2D eigenvalue weighted by atomic mass is 9.96. The first-order valence-electron chi connectivity index (χ1n) is 6.90. The summed E-state index contributed by atoms with van der Waals surface area (Å²) in [6.45, 7) is 1.23. The van der Waals surface area contributed by atoms with Gasteiger partial charge in [0.25, 0.3) is 0 Å². The van der Waals surface area contributed by atoms with E-state index in [9.17, 15) is 18.7 Å². The third kappa shape index (κ3) is 3.57. The second-order valence-electron chi connectivity index (χ2n) is 5.71.